The number of nitrogens with zero attached hydrogens (tertiary/aromatic N) is 3. The summed E-state index contributed by atoms with van der Waals surface area (Å²) in [4.78, 5) is 0. The van der Waals surface area contributed by atoms with Crippen molar-refractivity contribution in [3.05, 3.63) is 0 Å². The fraction of sp³-hybridized carbons (Fsp3) is 0. The van der Waals surface area contributed by atoms with Crippen molar-refractivity contribution in [1.29, 1.82) is 15.8 Å². The summed E-state index contributed by atoms with van der Waals surface area (Å²) in [6.07, 6.45) is 1.24. The largest absolute Gasteiger partial charge is 0.445 e. The fourth-order valence-corrected chi connectivity index (χ4v) is 0.285. The average molecular weight is 126 g/mol. The van der Waals surface area contributed by atoms with E-state index in [1.807, 2.05) is 0 Å². The van der Waals surface area contributed by atoms with E-state index >= 15 is 0 Å². The van der Waals surface area contributed by atoms with Crippen LogP contribution >= 0.6 is 0 Å². The smallest absolute Gasteiger partial charge is 0.169 e. The summed E-state index contributed by atoms with van der Waals surface area (Å²) in [5.41, 5.74) is 0. The highest BCUT2D eigenvalue weighted by Gasteiger charge is 2.20. The Labute approximate surface area is 49.1 Å². The van der Waals surface area contributed by atoms with Gasteiger partial charge in [-0.25, -0.2) is 0 Å². The predicted molar refractivity (Wildman–Crippen MR) is 25.3 cm³/mol. The molecule has 0 fully saturated rings. The molecule has 0 aliphatic heterocycles. The molecule has 0 aromatic rings. The van der Waals surface area contributed by atoms with Crippen LogP contribution in [-0.2, 0) is 15.4 Å². The van der Waals surface area contributed by atoms with Gasteiger partial charge in [-0.2, -0.15) is 4.18 Å². The first-order chi connectivity index (χ1) is 3.85. The van der Waals surface area contributed by atoms with E-state index in [-0.39, 0.29) is 0 Å². The van der Waals surface area contributed by atoms with Crippen LogP contribution in [0.2, 0.25) is 0 Å². The summed E-state index contributed by atoms with van der Waals surface area (Å²) in [5.74, 6) is 0. The molecule has 0 bridgehead atoms. The molecule has 0 unspecified atom stereocenters. The van der Waals surface area contributed by atoms with Crippen molar-refractivity contribution in [3.63, 3.8) is 0 Å². The molecule has 0 atom stereocenters. The van der Waals surface area contributed by atoms with E-state index in [1.165, 1.54) is 17.1 Å². The summed E-state index contributed by atoms with van der Waals surface area (Å²) < 4.78 is 3.95. The fourth-order valence-electron chi connectivity index (χ4n) is 0.0949. The van der Waals surface area contributed by atoms with Crippen LogP contribution < -0.4 is 0 Å². The minimum Gasteiger partial charge on any atom is -0.169 e. The summed E-state index contributed by atoms with van der Waals surface area (Å²) in [6, 6.07) is 0. The molecule has 0 rings (SSSR count). The monoisotopic (exact) mass is 126 g/mol. The molecule has 0 aromatic carbocycles. The Morgan fingerprint density at radius 3 is 1.75 bits per heavy atom. The number of nitriles is 3. The van der Waals surface area contributed by atoms with Gasteiger partial charge >= 0.3 is 28.2 Å². The van der Waals surface area contributed by atoms with Crippen molar-refractivity contribution < 1.29 is 4.18 Å². The molecule has 0 aliphatic rings. The lowest BCUT2D eigenvalue weighted by Crippen LogP contribution is -1.92. The van der Waals surface area contributed by atoms with Gasteiger partial charge in [-0.15, -0.1) is 15.8 Å². The summed E-state index contributed by atoms with van der Waals surface area (Å²) in [6.45, 7) is 0. The maximum absolute atomic E-state index is 7.92. The first-order valence-corrected chi connectivity index (χ1v) is 2.60. The Hall–Kier alpha value is -1.38. The number of rotatable bonds is 1. The van der Waals surface area contributed by atoms with Gasteiger partial charge in [0, 0.05) is 0 Å². The van der Waals surface area contributed by atoms with Gasteiger partial charge in [-0.1, -0.05) is 0 Å². The molecule has 0 aromatic heterocycles. The first-order valence-electron chi connectivity index (χ1n) is 1.45. The molecular formula is C3N3OS+. The minimum absolute atomic E-state index is 1.24. The third-order valence-electron chi connectivity index (χ3n) is 0.286. The highest BCUT2D eigenvalue weighted by molar-refractivity contribution is 8.01. The highest BCUT2D eigenvalue weighted by Crippen LogP contribution is 1.89. The molecule has 5 heteroatoms. The Morgan fingerprint density at radius 2 is 1.62 bits per heavy atom. The van der Waals surface area contributed by atoms with Gasteiger partial charge in [0.05, 0.1) is 0 Å². The molecule has 0 saturated carbocycles. The van der Waals surface area contributed by atoms with E-state index in [0.29, 0.717) is 0 Å². The lowest BCUT2D eigenvalue weighted by molar-refractivity contribution is 0.589. The average Bonchev–Trinajstić information content (AvgIpc) is 1.83. The Balaban J connectivity index is 3.68. The quantitative estimate of drug-likeness (QED) is 0.365. The summed E-state index contributed by atoms with van der Waals surface area (Å²) >= 11 is -1.49. The number of thiocyanates is 2. The van der Waals surface area contributed by atoms with Gasteiger partial charge in [0.1, 0.15) is 0 Å². The zero-order valence-corrected chi connectivity index (χ0v) is 4.47. The van der Waals surface area contributed by atoms with Gasteiger partial charge in [0.25, 0.3) is 0 Å². The van der Waals surface area contributed by atoms with E-state index in [0.717, 1.165) is 0 Å². The summed E-state index contributed by atoms with van der Waals surface area (Å²) in [7, 11) is 0. The number of hydrogen-bond acceptors (Lipinski definition) is 4. The van der Waals surface area contributed by atoms with Crippen molar-refractivity contribution in [2.24, 2.45) is 0 Å². The minimum atomic E-state index is -1.49. The van der Waals surface area contributed by atoms with Crippen LogP contribution in [0.25, 0.3) is 0 Å². The molecule has 0 amide bonds. The second-order valence-electron chi connectivity index (χ2n) is 0.626. The molecule has 0 aliphatic carbocycles. The van der Waals surface area contributed by atoms with Crippen LogP contribution in [0.15, 0.2) is 0 Å². The lowest BCUT2D eigenvalue weighted by Gasteiger charge is -1.68. The molecule has 38 valence electrons. The SMILES string of the molecule is N#CO[S+](C#N)C#N. The van der Waals surface area contributed by atoms with Crippen LogP contribution in [0, 0.1) is 32.8 Å². The van der Waals surface area contributed by atoms with Crippen molar-refractivity contribution in [2.45, 2.75) is 0 Å². The first kappa shape index (κ1) is 6.62. The second kappa shape index (κ2) is 3.80. The lowest BCUT2D eigenvalue weighted by atomic mass is 11.6. The molecule has 4 nitrogen and oxygen atoms in total. The van der Waals surface area contributed by atoms with Crippen molar-refractivity contribution in [2.75, 3.05) is 0 Å². The third kappa shape index (κ3) is 1.92. The molecule has 0 saturated heterocycles. The topological polar surface area (TPSA) is 80.6 Å². The summed E-state index contributed by atoms with van der Waals surface area (Å²) in [5, 5.41) is 26.5. The van der Waals surface area contributed by atoms with Gasteiger partial charge in [0.2, 0.25) is 0 Å². The van der Waals surface area contributed by atoms with Crippen LogP contribution in [0.5, 0.6) is 0 Å². The van der Waals surface area contributed by atoms with Crippen molar-refractivity contribution in [3.8, 4) is 17.1 Å². The molecule has 0 N–H and O–H groups in total. The van der Waals surface area contributed by atoms with E-state index in [4.69, 9.17) is 15.8 Å². The molecule has 0 radical (unpaired) electrons. The standard InChI is InChI=1S/C3N3OS/c4-1-7-8(2-5)3-6/q+1. The van der Waals surface area contributed by atoms with Crippen LogP contribution in [-0.4, -0.2) is 0 Å². The third-order valence-corrected chi connectivity index (χ3v) is 0.859. The zero-order chi connectivity index (χ0) is 6.41. The van der Waals surface area contributed by atoms with Crippen LogP contribution in [0.3, 0.4) is 0 Å². The van der Waals surface area contributed by atoms with Gasteiger partial charge in [-0.05, 0) is 0 Å². The van der Waals surface area contributed by atoms with E-state index < -0.39 is 11.2 Å². The highest BCUT2D eigenvalue weighted by atomic mass is 32.2. The van der Waals surface area contributed by atoms with Gasteiger partial charge in [-0.3, -0.25) is 0 Å². The van der Waals surface area contributed by atoms with Crippen molar-refractivity contribution >= 4 is 11.2 Å². The molecule has 8 heavy (non-hydrogen) atoms. The Bertz CT molecular complexity index is 168. The maximum atomic E-state index is 7.92. The van der Waals surface area contributed by atoms with Gasteiger partial charge < -0.3 is 0 Å². The Morgan fingerprint density at radius 1 is 1.12 bits per heavy atom. The second-order valence-corrected chi connectivity index (χ2v) is 1.70. The molecule has 0 spiro atoms. The van der Waals surface area contributed by atoms with Gasteiger partial charge in [0.15, 0.2) is 0 Å². The van der Waals surface area contributed by atoms with Crippen LogP contribution in [0.4, 0.5) is 0 Å². The van der Waals surface area contributed by atoms with E-state index in [2.05, 4.69) is 4.18 Å². The van der Waals surface area contributed by atoms with E-state index in [1.54, 1.807) is 0 Å². The molecular weight excluding hydrogens is 126 g/mol. The predicted octanol–water partition coefficient (Wildman–Crippen LogP) is -0.0205. The normalized spacial score (nSPS) is 6.25. The molecule has 0 heterocycles. The van der Waals surface area contributed by atoms with E-state index in [9.17, 15) is 0 Å². The maximum Gasteiger partial charge on any atom is 0.445 e. The van der Waals surface area contributed by atoms with Crippen molar-refractivity contribution in [1.82, 2.24) is 0 Å². The Kier molecular flexibility index (Phi) is 3.14. The zero-order valence-electron chi connectivity index (χ0n) is 3.66. The number of hydrogen-bond donors (Lipinski definition) is 0. The van der Waals surface area contributed by atoms with Crippen LogP contribution in [0.1, 0.15) is 0 Å².